The molecule has 1 aliphatic heterocycles. The molecule has 1 heterocycles. The summed E-state index contributed by atoms with van der Waals surface area (Å²) in [6.07, 6.45) is 3.14. The zero-order valence-electron chi connectivity index (χ0n) is 17.5. The van der Waals surface area contributed by atoms with Gasteiger partial charge in [-0.3, -0.25) is 9.98 Å². The number of aliphatic imine (C=N–C) groups is 2. The predicted octanol–water partition coefficient (Wildman–Crippen LogP) is 2.67. The number of nitrogens with zero attached hydrogens (tertiary/aromatic N) is 2. The maximum atomic E-state index is 11.9. The molecule has 2 atom stereocenters. The first-order valence-electron chi connectivity index (χ1n) is 9.56. The second-order valence-electron chi connectivity index (χ2n) is 8.08. The Morgan fingerprint density at radius 2 is 1.10 bits per heavy atom. The molecule has 1 saturated heterocycles. The molecule has 0 spiro atoms. The predicted molar refractivity (Wildman–Crippen MR) is 110 cm³/mol. The summed E-state index contributed by atoms with van der Waals surface area (Å²) in [7, 11) is 0. The number of hydrogen-bond acceptors (Lipinski definition) is 6. The third-order valence-electron chi connectivity index (χ3n) is 5.15. The molecule has 0 aliphatic carbocycles. The maximum absolute atomic E-state index is 11.9. The molecule has 6 nitrogen and oxygen atoms in total. The molecule has 30 heavy (non-hydrogen) atoms. The van der Waals surface area contributed by atoms with Crippen molar-refractivity contribution < 1.29 is 36.5 Å². The van der Waals surface area contributed by atoms with Gasteiger partial charge in [0.15, 0.2) is 5.79 Å². The van der Waals surface area contributed by atoms with Crippen molar-refractivity contribution in [3.63, 3.8) is 0 Å². The van der Waals surface area contributed by atoms with Crippen LogP contribution in [-0.4, -0.2) is 42.5 Å². The number of benzene rings is 2. The third kappa shape index (κ3) is 5.29. The molecule has 3 rings (SSSR count). The normalized spacial score (nSPS) is 25.6. The van der Waals surface area contributed by atoms with Gasteiger partial charge in [0.25, 0.3) is 0 Å². The van der Waals surface area contributed by atoms with Crippen LogP contribution in [0.3, 0.4) is 0 Å². The van der Waals surface area contributed by atoms with E-state index >= 15 is 0 Å². The van der Waals surface area contributed by atoms with E-state index in [9.17, 15) is 10.2 Å². The van der Waals surface area contributed by atoms with Crippen molar-refractivity contribution in [2.75, 3.05) is 13.1 Å². The van der Waals surface area contributed by atoms with Gasteiger partial charge in [0.1, 0.15) is 11.2 Å². The summed E-state index contributed by atoms with van der Waals surface area (Å²) in [5.41, 5.74) is -0.472. The van der Waals surface area contributed by atoms with Crippen molar-refractivity contribution in [2.24, 2.45) is 9.98 Å². The van der Waals surface area contributed by atoms with Gasteiger partial charge in [0, 0.05) is 12.4 Å². The van der Waals surface area contributed by atoms with Gasteiger partial charge in [-0.2, -0.15) is 0 Å². The topological polar surface area (TPSA) is 89.3 Å². The van der Waals surface area contributed by atoms with Crippen molar-refractivity contribution in [1.29, 1.82) is 0 Å². The smallest absolute Gasteiger partial charge is 0.872 e. The minimum atomic E-state index is -0.804. The van der Waals surface area contributed by atoms with Crippen molar-refractivity contribution in [2.45, 2.75) is 44.7 Å². The first-order chi connectivity index (χ1) is 13.6. The second kappa shape index (κ2) is 9.30. The molecule has 0 saturated carbocycles. The van der Waals surface area contributed by atoms with Crippen LogP contribution in [0.25, 0.3) is 0 Å². The Morgan fingerprint density at radius 1 is 0.733 bits per heavy atom. The SMILES string of the molecule is CC1(C)O[C@@](C)(CN=Cc2ccccc2[O-])[C@](C)(CN=Cc2ccccc2[O-])O1.[Co+2]. The Morgan fingerprint density at radius 3 is 1.47 bits per heavy atom. The summed E-state index contributed by atoms with van der Waals surface area (Å²) in [5.74, 6) is -0.954. The summed E-state index contributed by atoms with van der Waals surface area (Å²) in [6, 6.07) is 13.5. The van der Waals surface area contributed by atoms with Gasteiger partial charge in [-0.05, 0) is 38.8 Å². The van der Waals surface area contributed by atoms with Crippen LogP contribution in [-0.2, 0) is 26.3 Å². The fourth-order valence-electron chi connectivity index (χ4n) is 3.53. The van der Waals surface area contributed by atoms with Crippen LogP contribution in [0, 0.1) is 0 Å². The van der Waals surface area contributed by atoms with Crippen LogP contribution in [0.5, 0.6) is 11.5 Å². The molecular formula is C23H26CoN2O4. The van der Waals surface area contributed by atoms with Gasteiger partial charge in [0.2, 0.25) is 0 Å². The van der Waals surface area contributed by atoms with Crippen LogP contribution < -0.4 is 10.2 Å². The molecule has 0 amide bonds. The zero-order chi connectivity index (χ0) is 21.1. The van der Waals surface area contributed by atoms with Gasteiger partial charge in [-0.15, -0.1) is 11.5 Å². The fourth-order valence-corrected chi connectivity index (χ4v) is 3.53. The van der Waals surface area contributed by atoms with Crippen LogP contribution in [0.1, 0.15) is 38.8 Å². The molecule has 1 radical (unpaired) electrons. The number of rotatable bonds is 6. The monoisotopic (exact) mass is 453 g/mol. The van der Waals surface area contributed by atoms with E-state index in [0.29, 0.717) is 24.2 Å². The molecule has 7 heteroatoms. The van der Waals surface area contributed by atoms with Gasteiger partial charge in [-0.25, -0.2) is 0 Å². The largest absolute Gasteiger partial charge is 2.00 e. The minimum absolute atomic E-state index is 0. The first kappa shape index (κ1) is 24.1. The van der Waals surface area contributed by atoms with E-state index in [1.54, 1.807) is 48.8 Å². The van der Waals surface area contributed by atoms with E-state index in [-0.39, 0.29) is 28.3 Å². The summed E-state index contributed by atoms with van der Waals surface area (Å²) in [4.78, 5) is 8.93. The fraction of sp³-hybridized carbons (Fsp3) is 0.391. The molecular weight excluding hydrogens is 427 g/mol. The van der Waals surface area contributed by atoms with E-state index in [4.69, 9.17) is 9.47 Å². The summed E-state index contributed by atoms with van der Waals surface area (Å²) < 4.78 is 12.4. The Balaban J connectivity index is 0.00000320. The molecule has 1 fully saturated rings. The average molecular weight is 453 g/mol. The van der Waals surface area contributed by atoms with E-state index in [0.717, 1.165) is 0 Å². The molecule has 0 aromatic heterocycles. The molecule has 2 aromatic carbocycles. The number of ether oxygens (including phenoxy) is 2. The summed E-state index contributed by atoms with van der Waals surface area (Å²) in [6.45, 7) is 8.16. The summed E-state index contributed by atoms with van der Waals surface area (Å²) in [5, 5.41) is 23.7. The molecule has 0 unspecified atom stereocenters. The number of para-hydroxylation sites is 2. The van der Waals surface area contributed by atoms with Crippen molar-refractivity contribution in [3.05, 3.63) is 59.7 Å². The Hall–Kier alpha value is -2.19. The van der Waals surface area contributed by atoms with E-state index in [2.05, 4.69) is 9.98 Å². The average Bonchev–Trinajstić information content (AvgIpc) is 2.82. The van der Waals surface area contributed by atoms with Crippen LogP contribution in [0.4, 0.5) is 0 Å². The third-order valence-corrected chi connectivity index (χ3v) is 5.15. The molecule has 1 aliphatic rings. The Labute approximate surface area is 187 Å². The second-order valence-corrected chi connectivity index (χ2v) is 8.08. The Bertz CT molecular complexity index is 857. The zero-order valence-corrected chi connectivity index (χ0v) is 18.6. The van der Waals surface area contributed by atoms with Crippen molar-refractivity contribution >= 4 is 12.4 Å². The van der Waals surface area contributed by atoms with Gasteiger partial charge < -0.3 is 19.7 Å². The summed E-state index contributed by atoms with van der Waals surface area (Å²) >= 11 is 0. The van der Waals surface area contributed by atoms with Gasteiger partial charge >= 0.3 is 16.8 Å². The maximum Gasteiger partial charge on any atom is 2.00 e. The molecule has 0 bridgehead atoms. The molecule has 2 aromatic rings. The van der Waals surface area contributed by atoms with Gasteiger partial charge in [-0.1, -0.05) is 48.5 Å². The Kier molecular flexibility index (Phi) is 7.47. The van der Waals surface area contributed by atoms with Crippen molar-refractivity contribution in [3.8, 4) is 11.5 Å². The first-order valence-corrected chi connectivity index (χ1v) is 9.56. The van der Waals surface area contributed by atoms with E-state index in [1.165, 1.54) is 12.1 Å². The van der Waals surface area contributed by atoms with Gasteiger partial charge in [0.05, 0.1) is 13.1 Å². The molecule has 0 N–H and O–H groups in total. The quantitative estimate of drug-likeness (QED) is 0.629. The van der Waals surface area contributed by atoms with Crippen LogP contribution >= 0.6 is 0 Å². The van der Waals surface area contributed by atoms with Crippen LogP contribution in [0.15, 0.2) is 58.5 Å². The van der Waals surface area contributed by atoms with E-state index in [1.807, 2.05) is 27.7 Å². The molecule has 161 valence electrons. The standard InChI is InChI=1S/C23H28N2O4.Co/c1-21(2)28-22(3,15-24-13-17-9-5-7-11-19(17)26)23(4,29-21)16-25-14-18-10-6-8-12-20(18)27;/h5-14,26-27H,15-16H2,1-4H3;/q;+2/p-2/t22-,23-;/m0./s1. The van der Waals surface area contributed by atoms with E-state index < -0.39 is 17.0 Å². The number of hydrogen-bond donors (Lipinski definition) is 0. The van der Waals surface area contributed by atoms with Crippen molar-refractivity contribution in [1.82, 2.24) is 0 Å². The minimum Gasteiger partial charge on any atom is -0.872 e. The van der Waals surface area contributed by atoms with Crippen LogP contribution in [0.2, 0.25) is 0 Å².